The summed E-state index contributed by atoms with van der Waals surface area (Å²) in [7, 11) is -3.59. The molecule has 0 unspecified atom stereocenters. The molecule has 0 atom stereocenters. The highest BCUT2D eigenvalue weighted by Gasteiger charge is 2.13. The van der Waals surface area contributed by atoms with E-state index in [0.29, 0.717) is 4.48 Å². The molecule has 7 heteroatoms. The van der Waals surface area contributed by atoms with Crippen LogP contribution in [0, 0.1) is 11.3 Å². The van der Waals surface area contributed by atoms with Gasteiger partial charge in [0, 0.05) is 17.2 Å². The van der Waals surface area contributed by atoms with Crippen LogP contribution in [0.1, 0.15) is 5.69 Å². The fraction of sp³-hybridized carbons (Fsp3) is 0.111. The lowest BCUT2D eigenvalue weighted by Gasteiger charge is -2.04. The first kappa shape index (κ1) is 12.8. The van der Waals surface area contributed by atoms with Crippen LogP contribution >= 0.6 is 15.9 Å². The molecule has 16 heavy (non-hydrogen) atoms. The number of nitrogens with one attached hydrogen (secondary N) is 1. The van der Waals surface area contributed by atoms with Gasteiger partial charge in [-0.3, -0.25) is 0 Å². The third-order valence-electron chi connectivity index (χ3n) is 1.62. The summed E-state index contributed by atoms with van der Waals surface area (Å²) in [6.45, 7) is 3.61. The van der Waals surface area contributed by atoms with Gasteiger partial charge >= 0.3 is 0 Å². The summed E-state index contributed by atoms with van der Waals surface area (Å²) < 4.78 is 26.1. The molecule has 0 aliphatic rings. The van der Waals surface area contributed by atoms with Crippen LogP contribution in [0.5, 0.6) is 0 Å². The predicted octanol–water partition coefficient (Wildman–Crippen LogP) is 1.14. The Morgan fingerprint density at radius 2 is 2.31 bits per heavy atom. The summed E-state index contributed by atoms with van der Waals surface area (Å²) in [6.07, 6.45) is 1.14. The molecule has 1 aromatic heterocycles. The molecule has 1 rings (SSSR count). The largest absolute Gasteiger partial charge is 0.244 e. The quantitative estimate of drug-likeness (QED) is 0.904. The van der Waals surface area contributed by atoms with Crippen LogP contribution < -0.4 is 4.72 Å². The van der Waals surface area contributed by atoms with Gasteiger partial charge < -0.3 is 0 Å². The van der Waals surface area contributed by atoms with Crippen molar-refractivity contribution in [2.45, 2.75) is 4.90 Å². The highest BCUT2D eigenvalue weighted by atomic mass is 79.9. The fourth-order valence-corrected chi connectivity index (χ4v) is 2.16. The minimum atomic E-state index is -3.59. The molecular weight excluding hydrogens is 294 g/mol. The highest BCUT2D eigenvalue weighted by molar-refractivity contribution is 9.11. The zero-order valence-corrected chi connectivity index (χ0v) is 10.5. The van der Waals surface area contributed by atoms with Crippen molar-refractivity contribution in [2.24, 2.45) is 0 Å². The third-order valence-corrected chi connectivity index (χ3v) is 3.28. The maximum Gasteiger partial charge on any atom is 0.242 e. The number of nitriles is 1. The van der Waals surface area contributed by atoms with Gasteiger partial charge in [-0.05, 0) is 12.1 Å². The van der Waals surface area contributed by atoms with Gasteiger partial charge in [0.2, 0.25) is 10.0 Å². The Balaban J connectivity index is 2.91. The molecule has 0 aliphatic heterocycles. The van der Waals surface area contributed by atoms with Crippen LogP contribution in [0.15, 0.2) is 34.3 Å². The second-order valence-electron chi connectivity index (χ2n) is 2.83. The molecule has 0 bridgehead atoms. The van der Waals surface area contributed by atoms with Gasteiger partial charge in [-0.25, -0.2) is 18.1 Å². The van der Waals surface area contributed by atoms with Crippen molar-refractivity contribution in [3.8, 4) is 6.07 Å². The Kier molecular flexibility index (Phi) is 4.18. The van der Waals surface area contributed by atoms with E-state index in [1.807, 2.05) is 6.07 Å². The number of hydrogen-bond acceptors (Lipinski definition) is 4. The topological polar surface area (TPSA) is 82.9 Å². The van der Waals surface area contributed by atoms with E-state index in [-0.39, 0.29) is 17.1 Å². The van der Waals surface area contributed by atoms with Gasteiger partial charge in [-0.15, -0.1) is 0 Å². The number of hydrogen-bond donors (Lipinski definition) is 1. The standard InChI is InChI=1S/C9H8BrN3O2S/c1-7(10)5-13-16(14,15)9-3-2-8(4-11)12-6-9/h2-3,6,13H,1,5H2. The molecule has 84 valence electrons. The van der Waals surface area contributed by atoms with Crippen molar-refractivity contribution in [3.63, 3.8) is 0 Å². The first-order valence-corrected chi connectivity index (χ1v) is 6.42. The molecule has 0 saturated carbocycles. The molecule has 1 heterocycles. The van der Waals surface area contributed by atoms with Crippen molar-refractivity contribution in [2.75, 3.05) is 6.54 Å². The Morgan fingerprint density at radius 3 is 2.75 bits per heavy atom. The van der Waals surface area contributed by atoms with Crippen LogP contribution in [-0.2, 0) is 10.0 Å². The Morgan fingerprint density at radius 1 is 1.62 bits per heavy atom. The van der Waals surface area contributed by atoms with Crippen molar-refractivity contribution in [1.82, 2.24) is 9.71 Å². The lowest BCUT2D eigenvalue weighted by atomic mass is 10.4. The lowest BCUT2D eigenvalue weighted by molar-refractivity contribution is 0.585. The number of pyridine rings is 1. The first-order chi connectivity index (χ1) is 7.45. The minimum absolute atomic E-state index is 0.0141. The maximum atomic E-state index is 11.6. The number of sulfonamides is 1. The summed E-state index contributed by atoms with van der Waals surface area (Å²) in [5, 5.41) is 8.51. The monoisotopic (exact) mass is 301 g/mol. The molecule has 0 fully saturated rings. The van der Waals surface area contributed by atoms with Crippen molar-refractivity contribution >= 4 is 26.0 Å². The SMILES string of the molecule is C=C(Br)CNS(=O)(=O)c1ccc(C#N)nc1. The van der Waals surface area contributed by atoms with Gasteiger partial charge in [0.25, 0.3) is 0 Å². The second kappa shape index (κ2) is 5.21. The molecule has 0 amide bonds. The first-order valence-electron chi connectivity index (χ1n) is 4.15. The van der Waals surface area contributed by atoms with E-state index in [1.165, 1.54) is 12.1 Å². The normalized spacial score (nSPS) is 10.8. The second-order valence-corrected chi connectivity index (χ2v) is 5.72. The number of nitrogens with zero attached hydrogens (tertiary/aromatic N) is 2. The van der Waals surface area contributed by atoms with Gasteiger partial charge in [0.15, 0.2) is 0 Å². The number of aromatic nitrogens is 1. The van der Waals surface area contributed by atoms with E-state index in [2.05, 4.69) is 32.2 Å². The van der Waals surface area contributed by atoms with E-state index in [9.17, 15) is 8.42 Å². The molecular formula is C9H8BrN3O2S. The number of rotatable bonds is 4. The van der Waals surface area contributed by atoms with Gasteiger partial charge in [0.05, 0.1) is 0 Å². The van der Waals surface area contributed by atoms with Crippen LogP contribution in [0.4, 0.5) is 0 Å². The van der Waals surface area contributed by atoms with Gasteiger partial charge in [-0.2, -0.15) is 5.26 Å². The predicted molar refractivity (Wildman–Crippen MR) is 62.2 cm³/mol. The van der Waals surface area contributed by atoms with Crippen LogP contribution in [-0.4, -0.2) is 19.9 Å². The van der Waals surface area contributed by atoms with E-state index >= 15 is 0 Å². The van der Waals surface area contributed by atoms with Crippen molar-refractivity contribution < 1.29 is 8.42 Å². The van der Waals surface area contributed by atoms with Crippen LogP contribution in [0.25, 0.3) is 0 Å². The van der Waals surface area contributed by atoms with Gasteiger partial charge in [0.1, 0.15) is 16.7 Å². The molecule has 0 saturated heterocycles. The summed E-state index contributed by atoms with van der Waals surface area (Å²) in [4.78, 5) is 3.69. The minimum Gasteiger partial charge on any atom is -0.244 e. The van der Waals surface area contributed by atoms with E-state index in [0.717, 1.165) is 6.20 Å². The zero-order chi connectivity index (χ0) is 12.2. The molecule has 0 aliphatic carbocycles. The zero-order valence-electron chi connectivity index (χ0n) is 8.14. The van der Waals surface area contributed by atoms with Gasteiger partial charge in [-0.1, -0.05) is 22.5 Å². The molecule has 0 radical (unpaired) electrons. The van der Waals surface area contributed by atoms with E-state index < -0.39 is 10.0 Å². The summed E-state index contributed by atoms with van der Waals surface area (Å²) >= 11 is 3.04. The fourth-order valence-electron chi connectivity index (χ4n) is 0.862. The number of halogens is 1. The molecule has 5 nitrogen and oxygen atoms in total. The van der Waals surface area contributed by atoms with Crippen LogP contribution in [0.2, 0.25) is 0 Å². The molecule has 1 N–H and O–H groups in total. The Bertz CT molecular complexity index is 531. The van der Waals surface area contributed by atoms with Crippen molar-refractivity contribution in [3.05, 3.63) is 35.1 Å². The molecule has 1 aromatic rings. The smallest absolute Gasteiger partial charge is 0.242 e. The average molecular weight is 302 g/mol. The van der Waals surface area contributed by atoms with E-state index in [1.54, 1.807) is 0 Å². The summed E-state index contributed by atoms with van der Waals surface area (Å²) in [5.74, 6) is 0. The van der Waals surface area contributed by atoms with Crippen LogP contribution in [0.3, 0.4) is 0 Å². The Hall–Kier alpha value is -1.23. The molecule has 0 aromatic carbocycles. The lowest BCUT2D eigenvalue weighted by Crippen LogP contribution is -2.24. The van der Waals surface area contributed by atoms with Crippen molar-refractivity contribution in [1.29, 1.82) is 5.26 Å². The molecule has 0 spiro atoms. The van der Waals surface area contributed by atoms with E-state index in [4.69, 9.17) is 5.26 Å². The highest BCUT2D eigenvalue weighted by Crippen LogP contribution is 2.08. The average Bonchev–Trinajstić information content (AvgIpc) is 2.27. The Labute approximate surface area is 102 Å². The third kappa shape index (κ3) is 3.41. The summed E-state index contributed by atoms with van der Waals surface area (Å²) in [6, 6.07) is 4.48. The maximum absolute atomic E-state index is 11.6. The summed E-state index contributed by atoms with van der Waals surface area (Å²) in [5.41, 5.74) is 0.170.